The first kappa shape index (κ1) is 24.2. The van der Waals surface area contributed by atoms with Crippen LogP contribution in [-0.2, 0) is 21.4 Å². The molecule has 0 unspecified atom stereocenters. The van der Waals surface area contributed by atoms with E-state index >= 15 is 0 Å². The summed E-state index contributed by atoms with van der Waals surface area (Å²) in [7, 11) is -2.60. The molecule has 1 atom stereocenters. The minimum atomic E-state index is -4.08. The van der Waals surface area contributed by atoms with Gasteiger partial charge in [0, 0.05) is 6.54 Å². The number of sulfonamides is 1. The zero-order valence-electron chi connectivity index (χ0n) is 18.4. The van der Waals surface area contributed by atoms with E-state index in [1.54, 1.807) is 12.1 Å². The highest BCUT2D eigenvalue weighted by molar-refractivity contribution is 7.89. The molecule has 1 amide bonds. The Kier molecular flexibility index (Phi) is 7.70. The molecule has 0 aliphatic rings. The first-order valence-corrected chi connectivity index (χ1v) is 11.6. The maximum atomic E-state index is 13.4. The number of rotatable bonds is 10. The Morgan fingerprint density at radius 2 is 1.76 bits per heavy atom. The van der Waals surface area contributed by atoms with E-state index in [4.69, 9.17) is 14.7 Å². The van der Waals surface area contributed by atoms with E-state index in [-0.39, 0.29) is 11.4 Å². The molecule has 0 spiro atoms. The molecular formula is C24H26N2O6S. The average molecular weight is 471 g/mol. The summed E-state index contributed by atoms with van der Waals surface area (Å²) in [4.78, 5) is 12.2. The molecule has 3 rings (SSSR count). The van der Waals surface area contributed by atoms with Crippen molar-refractivity contribution in [3.8, 4) is 11.5 Å². The number of carbonyl (C=O) groups is 1. The Labute approximate surface area is 193 Å². The van der Waals surface area contributed by atoms with Gasteiger partial charge in [-0.2, -0.15) is 4.31 Å². The molecule has 0 heterocycles. The van der Waals surface area contributed by atoms with Gasteiger partial charge in [-0.25, -0.2) is 13.9 Å². The van der Waals surface area contributed by atoms with Crippen LogP contribution >= 0.6 is 0 Å². The summed E-state index contributed by atoms with van der Waals surface area (Å²) in [6, 6.07) is 15.8. The molecule has 2 N–H and O–H groups in total. The van der Waals surface area contributed by atoms with Crippen molar-refractivity contribution in [2.24, 2.45) is 0 Å². The van der Waals surface area contributed by atoms with Crippen LogP contribution in [0.3, 0.4) is 0 Å². The Bertz CT molecular complexity index is 1240. The molecule has 0 saturated heterocycles. The second-order valence-electron chi connectivity index (χ2n) is 7.32. The second kappa shape index (κ2) is 10.5. The number of hydrogen-bond donors (Lipinski definition) is 2. The van der Waals surface area contributed by atoms with Gasteiger partial charge in [-0.15, -0.1) is 0 Å². The predicted octanol–water partition coefficient (Wildman–Crippen LogP) is 3.50. The van der Waals surface area contributed by atoms with Crippen molar-refractivity contribution in [3.05, 3.63) is 78.9 Å². The zero-order valence-corrected chi connectivity index (χ0v) is 19.2. The molecule has 8 nitrogen and oxygen atoms in total. The summed E-state index contributed by atoms with van der Waals surface area (Å²) in [6.45, 7) is 5.33. The van der Waals surface area contributed by atoms with E-state index in [0.717, 1.165) is 15.1 Å². The van der Waals surface area contributed by atoms with Crippen molar-refractivity contribution >= 4 is 26.7 Å². The minimum Gasteiger partial charge on any atom is -0.497 e. The maximum absolute atomic E-state index is 13.4. The summed E-state index contributed by atoms with van der Waals surface area (Å²) in [5, 5.41) is 10.9. The van der Waals surface area contributed by atoms with Gasteiger partial charge < -0.3 is 9.47 Å². The van der Waals surface area contributed by atoms with Gasteiger partial charge in [0.05, 0.1) is 12.0 Å². The number of nitrogens with zero attached hydrogens (tertiary/aromatic N) is 1. The molecule has 0 fully saturated rings. The van der Waals surface area contributed by atoms with Crippen LogP contribution in [-0.4, -0.2) is 43.6 Å². The largest absolute Gasteiger partial charge is 0.497 e. The lowest BCUT2D eigenvalue weighted by molar-refractivity contribution is -0.132. The van der Waals surface area contributed by atoms with Crippen LogP contribution in [0.25, 0.3) is 10.8 Å². The van der Waals surface area contributed by atoms with Crippen molar-refractivity contribution in [1.82, 2.24) is 9.79 Å². The van der Waals surface area contributed by atoms with Crippen LogP contribution in [0.15, 0.2) is 78.2 Å². The van der Waals surface area contributed by atoms with Gasteiger partial charge in [0.15, 0.2) is 0 Å². The number of ether oxygens (including phenoxy) is 2. The molecular weight excluding hydrogens is 444 g/mol. The van der Waals surface area contributed by atoms with Crippen LogP contribution in [0, 0.1) is 0 Å². The Morgan fingerprint density at radius 3 is 2.39 bits per heavy atom. The standard InChI is InChI=1S/C24H26N2O6S/c1-4-13-32-22-8-7-19-6-5-18(14-20(19)15-22)16-26(17(2)24(27)25-28)33(29,30)23-11-9-21(31-3)10-12-23/h4-12,14-15,17,28H,1,13,16H2,2-3H3,(H,25,27)/t17-/m1/s1. The third-order valence-electron chi connectivity index (χ3n) is 5.17. The first-order valence-electron chi connectivity index (χ1n) is 10.2. The third-order valence-corrected chi connectivity index (χ3v) is 7.10. The Balaban J connectivity index is 1.99. The van der Waals surface area contributed by atoms with E-state index < -0.39 is 22.0 Å². The Morgan fingerprint density at radius 1 is 1.09 bits per heavy atom. The number of nitrogens with one attached hydrogen (secondary N) is 1. The normalized spacial score (nSPS) is 12.4. The van der Waals surface area contributed by atoms with Crippen molar-refractivity contribution in [3.63, 3.8) is 0 Å². The first-order chi connectivity index (χ1) is 15.8. The molecule has 0 aromatic heterocycles. The van der Waals surface area contributed by atoms with Gasteiger partial charge in [-0.05, 0) is 65.7 Å². The van der Waals surface area contributed by atoms with Crippen LogP contribution in [0.1, 0.15) is 12.5 Å². The van der Waals surface area contributed by atoms with Crippen molar-refractivity contribution in [2.45, 2.75) is 24.4 Å². The molecule has 33 heavy (non-hydrogen) atoms. The predicted molar refractivity (Wildman–Crippen MR) is 125 cm³/mol. The topological polar surface area (TPSA) is 105 Å². The Hall–Kier alpha value is -3.40. The molecule has 0 aliphatic carbocycles. The highest BCUT2D eigenvalue weighted by Gasteiger charge is 2.33. The third kappa shape index (κ3) is 5.51. The van der Waals surface area contributed by atoms with E-state index in [1.807, 2.05) is 30.3 Å². The number of carbonyl (C=O) groups excluding carboxylic acids is 1. The van der Waals surface area contributed by atoms with Gasteiger partial charge >= 0.3 is 0 Å². The molecule has 0 saturated carbocycles. The van der Waals surface area contributed by atoms with E-state index in [2.05, 4.69) is 6.58 Å². The molecule has 3 aromatic carbocycles. The second-order valence-corrected chi connectivity index (χ2v) is 9.21. The smallest absolute Gasteiger partial charge is 0.261 e. The molecule has 0 aliphatic heterocycles. The summed E-state index contributed by atoms with van der Waals surface area (Å²) in [6.07, 6.45) is 1.65. The van der Waals surface area contributed by atoms with Crippen LogP contribution in [0.4, 0.5) is 0 Å². The monoisotopic (exact) mass is 470 g/mol. The van der Waals surface area contributed by atoms with E-state index in [9.17, 15) is 13.2 Å². The van der Waals surface area contributed by atoms with Gasteiger partial charge in [0.25, 0.3) is 5.91 Å². The van der Waals surface area contributed by atoms with E-state index in [0.29, 0.717) is 23.7 Å². The lowest BCUT2D eigenvalue weighted by Crippen LogP contribution is -2.46. The highest BCUT2D eigenvalue weighted by Crippen LogP contribution is 2.26. The number of hydrogen-bond acceptors (Lipinski definition) is 6. The SMILES string of the molecule is C=CCOc1ccc2ccc(CN([C@H](C)C(=O)NO)S(=O)(=O)c3ccc(OC)cc3)cc2c1. The zero-order chi connectivity index (χ0) is 24.0. The van der Waals surface area contributed by atoms with Crippen LogP contribution in [0.2, 0.25) is 0 Å². The fourth-order valence-corrected chi connectivity index (χ4v) is 4.92. The summed E-state index contributed by atoms with van der Waals surface area (Å²) < 4.78 is 38.6. The fraction of sp³-hybridized carbons (Fsp3) is 0.208. The number of benzene rings is 3. The van der Waals surface area contributed by atoms with Gasteiger partial charge in [-0.3, -0.25) is 10.0 Å². The molecule has 0 radical (unpaired) electrons. The van der Waals surface area contributed by atoms with Gasteiger partial charge in [-0.1, -0.05) is 30.9 Å². The highest BCUT2D eigenvalue weighted by atomic mass is 32.2. The van der Waals surface area contributed by atoms with Crippen LogP contribution in [0.5, 0.6) is 11.5 Å². The van der Waals surface area contributed by atoms with Gasteiger partial charge in [0.2, 0.25) is 10.0 Å². The van der Waals surface area contributed by atoms with E-state index in [1.165, 1.54) is 43.8 Å². The summed E-state index contributed by atoms with van der Waals surface area (Å²) in [5.41, 5.74) is 2.20. The van der Waals surface area contributed by atoms with Gasteiger partial charge in [0.1, 0.15) is 24.1 Å². The quantitative estimate of drug-likeness (QED) is 0.267. The molecule has 0 bridgehead atoms. The summed E-state index contributed by atoms with van der Waals surface area (Å²) >= 11 is 0. The summed E-state index contributed by atoms with van der Waals surface area (Å²) in [5.74, 6) is 0.328. The maximum Gasteiger partial charge on any atom is 0.261 e. The number of fused-ring (bicyclic) bond motifs is 1. The lowest BCUT2D eigenvalue weighted by Gasteiger charge is -2.27. The fourth-order valence-electron chi connectivity index (χ4n) is 3.33. The molecule has 3 aromatic rings. The number of methoxy groups -OCH3 is 1. The van der Waals surface area contributed by atoms with Crippen LogP contribution < -0.4 is 15.0 Å². The number of amides is 1. The lowest BCUT2D eigenvalue weighted by atomic mass is 10.1. The molecule has 9 heteroatoms. The molecule has 174 valence electrons. The minimum absolute atomic E-state index is 0.00166. The average Bonchev–Trinajstić information content (AvgIpc) is 2.84. The van der Waals surface area contributed by atoms with Crippen molar-refractivity contribution < 1.29 is 27.9 Å². The van der Waals surface area contributed by atoms with Crippen molar-refractivity contribution in [1.29, 1.82) is 0 Å². The van der Waals surface area contributed by atoms with Crippen molar-refractivity contribution in [2.75, 3.05) is 13.7 Å². The number of hydroxylamine groups is 1.